The predicted octanol–water partition coefficient (Wildman–Crippen LogP) is 2.56. The van der Waals surface area contributed by atoms with E-state index in [2.05, 4.69) is 6.92 Å². The number of amides is 1. The maximum atomic E-state index is 12.6. The Hall–Kier alpha value is -1.36. The van der Waals surface area contributed by atoms with Gasteiger partial charge in [-0.3, -0.25) is 4.79 Å². The van der Waals surface area contributed by atoms with Crippen LogP contribution in [0.4, 0.5) is 0 Å². The lowest BCUT2D eigenvalue weighted by atomic mass is 10.2. The molecule has 2 saturated carbocycles. The molecule has 0 N–H and O–H groups in total. The van der Waals surface area contributed by atoms with Crippen molar-refractivity contribution in [2.75, 3.05) is 5.75 Å². The molecule has 2 fully saturated rings. The van der Waals surface area contributed by atoms with E-state index in [1.165, 1.54) is 0 Å². The lowest BCUT2D eigenvalue weighted by Crippen LogP contribution is -2.44. The van der Waals surface area contributed by atoms with Crippen molar-refractivity contribution in [3.05, 3.63) is 29.8 Å². The van der Waals surface area contributed by atoms with E-state index in [-0.39, 0.29) is 22.9 Å². The molecule has 5 heteroatoms. The molecule has 1 aromatic rings. The molecule has 120 valence electrons. The number of benzene rings is 1. The Bertz CT molecular complexity index is 675. The van der Waals surface area contributed by atoms with E-state index in [1.807, 2.05) is 17.9 Å². The molecule has 1 atom stereocenters. The second-order valence-electron chi connectivity index (χ2n) is 6.69. The summed E-state index contributed by atoms with van der Waals surface area (Å²) in [5.74, 6) is -0.0843. The van der Waals surface area contributed by atoms with Crippen LogP contribution in [0, 0.1) is 12.8 Å². The van der Waals surface area contributed by atoms with Crippen LogP contribution in [0.15, 0.2) is 29.2 Å². The number of hydrogen-bond acceptors (Lipinski definition) is 3. The first-order valence-corrected chi connectivity index (χ1v) is 9.64. The summed E-state index contributed by atoms with van der Waals surface area (Å²) >= 11 is 0. The van der Waals surface area contributed by atoms with Crippen molar-refractivity contribution in [1.82, 2.24) is 4.90 Å². The van der Waals surface area contributed by atoms with Gasteiger partial charge in [-0.05, 0) is 63.1 Å². The highest BCUT2D eigenvalue weighted by Crippen LogP contribution is 2.39. The van der Waals surface area contributed by atoms with Gasteiger partial charge in [-0.2, -0.15) is 0 Å². The summed E-state index contributed by atoms with van der Waals surface area (Å²) in [4.78, 5) is 14.7. The van der Waals surface area contributed by atoms with Gasteiger partial charge in [0, 0.05) is 12.1 Å². The smallest absolute Gasteiger partial charge is 0.238 e. The van der Waals surface area contributed by atoms with Crippen LogP contribution in [-0.2, 0) is 14.6 Å². The van der Waals surface area contributed by atoms with E-state index in [0.29, 0.717) is 5.92 Å². The van der Waals surface area contributed by atoms with Crippen molar-refractivity contribution in [1.29, 1.82) is 0 Å². The zero-order valence-corrected chi connectivity index (χ0v) is 14.0. The standard InChI is InChI=1S/C17H23NO3S/c1-12-4-3-5-16(10-12)22(20,21)11-17(19)18(15-8-9-15)13(2)14-6-7-14/h3-5,10,13-15H,6-9,11H2,1-2H3/t13-/m1/s1. The minimum Gasteiger partial charge on any atom is -0.336 e. The molecule has 0 bridgehead atoms. The molecule has 2 aliphatic carbocycles. The lowest BCUT2D eigenvalue weighted by molar-refractivity contribution is -0.131. The second kappa shape index (κ2) is 5.69. The van der Waals surface area contributed by atoms with Crippen LogP contribution < -0.4 is 0 Å². The molecule has 0 aromatic heterocycles. The first-order valence-electron chi connectivity index (χ1n) is 7.99. The second-order valence-corrected chi connectivity index (χ2v) is 8.68. The van der Waals surface area contributed by atoms with Crippen LogP contribution in [0.3, 0.4) is 0 Å². The molecule has 0 radical (unpaired) electrons. The van der Waals surface area contributed by atoms with Gasteiger partial charge >= 0.3 is 0 Å². The molecule has 1 aromatic carbocycles. The van der Waals surface area contributed by atoms with Crippen molar-refractivity contribution in [2.45, 2.75) is 56.5 Å². The first-order chi connectivity index (χ1) is 10.4. The van der Waals surface area contributed by atoms with Crippen LogP contribution >= 0.6 is 0 Å². The van der Waals surface area contributed by atoms with Gasteiger partial charge in [0.15, 0.2) is 9.84 Å². The third-order valence-electron chi connectivity index (χ3n) is 4.63. The van der Waals surface area contributed by atoms with Crippen molar-refractivity contribution >= 4 is 15.7 Å². The molecule has 0 spiro atoms. The van der Waals surface area contributed by atoms with E-state index in [0.717, 1.165) is 31.2 Å². The minimum atomic E-state index is -3.56. The molecule has 0 saturated heterocycles. The molecule has 0 aliphatic heterocycles. The van der Waals surface area contributed by atoms with E-state index in [9.17, 15) is 13.2 Å². The molecule has 3 rings (SSSR count). The monoisotopic (exact) mass is 321 g/mol. The van der Waals surface area contributed by atoms with Gasteiger partial charge in [0.25, 0.3) is 0 Å². The van der Waals surface area contributed by atoms with E-state index >= 15 is 0 Å². The first kappa shape index (κ1) is 15.5. The summed E-state index contributed by atoms with van der Waals surface area (Å²) in [5, 5.41) is 0. The largest absolute Gasteiger partial charge is 0.336 e. The number of carbonyl (C=O) groups is 1. The Morgan fingerprint density at radius 3 is 2.50 bits per heavy atom. The molecule has 1 amide bonds. The zero-order valence-electron chi connectivity index (χ0n) is 13.2. The number of carbonyl (C=O) groups excluding carboxylic acids is 1. The Balaban J connectivity index is 1.76. The Morgan fingerprint density at radius 2 is 1.95 bits per heavy atom. The normalized spacial score (nSPS) is 19.7. The summed E-state index contributed by atoms with van der Waals surface area (Å²) in [5.41, 5.74) is 0.888. The number of hydrogen-bond donors (Lipinski definition) is 0. The maximum absolute atomic E-state index is 12.6. The van der Waals surface area contributed by atoms with Crippen molar-refractivity contribution in [2.24, 2.45) is 5.92 Å². The van der Waals surface area contributed by atoms with Crippen LogP contribution in [-0.4, -0.2) is 37.1 Å². The van der Waals surface area contributed by atoms with Gasteiger partial charge in [0.05, 0.1) is 4.90 Å². The fourth-order valence-corrected chi connectivity index (χ4v) is 4.34. The van der Waals surface area contributed by atoms with Crippen LogP contribution in [0.25, 0.3) is 0 Å². The summed E-state index contributed by atoms with van der Waals surface area (Å²) in [6.07, 6.45) is 4.32. The lowest BCUT2D eigenvalue weighted by Gasteiger charge is -2.29. The topological polar surface area (TPSA) is 54.5 Å². The van der Waals surface area contributed by atoms with Gasteiger partial charge in [-0.15, -0.1) is 0 Å². The SMILES string of the molecule is Cc1cccc(S(=O)(=O)CC(=O)N(C2CC2)[C@H](C)C2CC2)c1. The highest BCUT2D eigenvalue weighted by Gasteiger charge is 2.42. The van der Waals surface area contributed by atoms with Crippen molar-refractivity contribution < 1.29 is 13.2 Å². The van der Waals surface area contributed by atoms with Gasteiger partial charge in [-0.25, -0.2) is 8.42 Å². The van der Waals surface area contributed by atoms with Crippen LogP contribution in [0.2, 0.25) is 0 Å². The average Bonchev–Trinajstić information content (AvgIpc) is 3.31. The van der Waals surface area contributed by atoms with Gasteiger partial charge in [0.1, 0.15) is 5.75 Å². The molecule has 2 aliphatic rings. The van der Waals surface area contributed by atoms with Crippen LogP contribution in [0.1, 0.15) is 38.2 Å². The molecule has 0 unspecified atom stereocenters. The quantitative estimate of drug-likeness (QED) is 0.809. The Labute approximate surface area is 132 Å². The fourth-order valence-electron chi connectivity index (χ4n) is 3.05. The molecular weight excluding hydrogens is 298 g/mol. The highest BCUT2D eigenvalue weighted by molar-refractivity contribution is 7.92. The van der Waals surface area contributed by atoms with Crippen molar-refractivity contribution in [3.63, 3.8) is 0 Å². The molecule has 22 heavy (non-hydrogen) atoms. The summed E-state index contributed by atoms with van der Waals surface area (Å²) in [6.45, 7) is 3.92. The maximum Gasteiger partial charge on any atom is 0.238 e. The minimum absolute atomic E-state index is 0.174. The van der Waals surface area contributed by atoms with Crippen molar-refractivity contribution in [3.8, 4) is 0 Å². The molecular formula is C17H23NO3S. The fraction of sp³-hybridized carbons (Fsp3) is 0.588. The van der Waals surface area contributed by atoms with Crippen LogP contribution in [0.5, 0.6) is 0 Å². The summed E-state index contributed by atoms with van der Waals surface area (Å²) in [7, 11) is -3.56. The number of sulfone groups is 1. The van der Waals surface area contributed by atoms with Gasteiger partial charge < -0.3 is 4.90 Å². The summed E-state index contributed by atoms with van der Waals surface area (Å²) in [6, 6.07) is 7.21. The van der Waals surface area contributed by atoms with Gasteiger partial charge in [0.2, 0.25) is 5.91 Å². The van der Waals surface area contributed by atoms with Gasteiger partial charge in [-0.1, -0.05) is 12.1 Å². The Morgan fingerprint density at radius 1 is 1.27 bits per heavy atom. The number of aryl methyl sites for hydroxylation is 1. The molecule has 0 heterocycles. The van der Waals surface area contributed by atoms with E-state index in [1.54, 1.807) is 18.2 Å². The average molecular weight is 321 g/mol. The molecule has 4 nitrogen and oxygen atoms in total. The summed E-state index contributed by atoms with van der Waals surface area (Å²) < 4.78 is 25.0. The number of rotatable bonds is 6. The van der Waals surface area contributed by atoms with E-state index < -0.39 is 15.6 Å². The highest BCUT2D eigenvalue weighted by atomic mass is 32.2. The Kier molecular flexibility index (Phi) is 4.02. The number of nitrogens with zero attached hydrogens (tertiary/aromatic N) is 1. The predicted molar refractivity (Wildman–Crippen MR) is 85.3 cm³/mol. The third kappa shape index (κ3) is 3.35. The third-order valence-corrected chi connectivity index (χ3v) is 6.23. The zero-order chi connectivity index (χ0) is 15.9. The van der Waals surface area contributed by atoms with E-state index in [4.69, 9.17) is 0 Å².